The minimum atomic E-state index is -0.428. The predicted octanol–water partition coefficient (Wildman–Crippen LogP) is 0.191. The molecule has 0 saturated carbocycles. The van der Waals surface area contributed by atoms with Gasteiger partial charge in [0, 0.05) is 0 Å². The molecule has 0 aliphatic carbocycles. The van der Waals surface area contributed by atoms with Crippen LogP contribution in [0.15, 0.2) is 0 Å². The Kier molecular flexibility index (Phi) is 1.75. The summed E-state index contributed by atoms with van der Waals surface area (Å²) in [5.41, 5.74) is 0. The standard InChI is InChI=1S/C5H6O3S/c1-3-5(7)8-4(6)2-9-3/h3H,2H2,1H3/t3-/m1/s1. The van der Waals surface area contributed by atoms with Crippen molar-refractivity contribution < 1.29 is 14.3 Å². The zero-order valence-electron chi connectivity index (χ0n) is 4.92. The van der Waals surface area contributed by atoms with Crippen LogP contribution in [-0.2, 0) is 14.3 Å². The van der Waals surface area contributed by atoms with Crippen LogP contribution in [0.2, 0.25) is 0 Å². The van der Waals surface area contributed by atoms with Gasteiger partial charge in [0.15, 0.2) is 0 Å². The highest BCUT2D eigenvalue weighted by molar-refractivity contribution is 8.01. The lowest BCUT2D eigenvalue weighted by atomic mass is 10.5. The van der Waals surface area contributed by atoms with Gasteiger partial charge in [-0.15, -0.1) is 11.8 Å². The van der Waals surface area contributed by atoms with Crippen molar-refractivity contribution in [2.45, 2.75) is 12.2 Å². The highest BCUT2D eigenvalue weighted by Crippen LogP contribution is 2.16. The van der Waals surface area contributed by atoms with Crippen LogP contribution in [0.1, 0.15) is 6.92 Å². The molecule has 0 aromatic heterocycles. The Bertz CT molecular complexity index is 154. The lowest BCUT2D eigenvalue weighted by Gasteiger charge is -2.13. The fourth-order valence-electron chi connectivity index (χ4n) is 0.486. The van der Waals surface area contributed by atoms with Gasteiger partial charge >= 0.3 is 11.9 Å². The zero-order chi connectivity index (χ0) is 6.85. The molecule has 1 saturated heterocycles. The Hall–Kier alpha value is -0.510. The number of esters is 2. The van der Waals surface area contributed by atoms with Gasteiger partial charge in [-0.05, 0) is 6.92 Å². The van der Waals surface area contributed by atoms with Crippen LogP contribution in [0, 0.1) is 0 Å². The van der Waals surface area contributed by atoms with Gasteiger partial charge in [0.2, 0.25) is 0 Å². The largest absolute Gasteiger partial charge is 0.392 e. The van der Waals surface area contributed by atoms with E-state index in [0.29, 0.717) is 5.75 Å². The summed E-state index contributed by atoms with van der Waals surface area (Å²) in [5, 5.41) is -0.178. The van der Waals surface area contributed by atoms with Gasteiger partial charge in [-0.25, -0.2) is 0 Å². The van der Waals surface area contributed by atoms with Crippen molar-refractivity contribution in [3.8, 4) is 0 Å². The Morgan fingerprint density at radius 1 is 1.67 bits per heavy atom. The van der Waals surface area contributed by atoms with E-state index in [1.807, 2.05) is 0 Å². The third kappa shape index (κ3) is 1.45. The second-order valence-electron chi connectivity index (χ2n) is 1.75. The molecule has 0 N–H and O–H groups in total. The van der Waals surface area contributed by atoms with Crippen molar-refractivity contribution in [2.75, 3.05) is 5.75 Å². The number of carbonyl (C=O) groups is 2. The third-order valence-corrected chi connectivity index (χ3v) is 2.09. The third-order valence-electron chi connectivity index (χ3n) is 0.998. The fraction of sp³-hybridized carbons (Fsp3) is 0.600. The maximum atomic E-state index is 10.5. The topological polar surface area (TPSA) is 43.4 Å². The maximum Gasteiger partial charge on any atom is 0.326 e. The van der Waals surface area contributed by atoms with Gasteiger partial charge in [-0.3, -0.25) is 9.59 Å². The van der Waals surface area contributed by atoms with E-state index in [4.69, 9.17) is 0 Å². The molecule has 0 bridgehead atoms. The Labute approximate surface area is 56.8 Å². The molecule has 0 aromatic rings. The van der Waals surface area contributed by atoms with E-state index in [9.17, 15) is 9.59 Å². The molecule has 1 aliphatic heterocycles. The smallest absolute Gasteiger partial charge is 0.326 e. The minimum Gasteiger partial charge on any atom is -0.392 e. The maximum absolute atomic E-state index is 10.5. The fourth-order valence-corrected chi connectivity index (χ4v) is 1.11. The van der Waals surface area contributed by atoms with Gasteiger partial charge in [-0.1, -0.05) is 0 Å². The molecule has 4 heteroatoms. The number of hydrogen-bond donors (Lipinski definition) is 0. The molecule has 1 rings (SSSR count). The molecular weight excluding hydrogens is 140 g/mol. The molecule has 1 fully saturated rings. The van der Waals surface area contributed by atoms with Gasteiger partial charge < -0.3 is 4.74 Å². The van der Waals surface area contributed by atoms with Crippen LogP contribution >= 0.6 is 11.8 Å². The second kappa shape index (κ2) is 2.39. The minimum absolute atomic E-state index is 0.178. The Morgan fingerprint density at radius 2 is 2.33 bits per heavy atom. The first-order valence-electron chi connectivity index (χ1n) is 2.56. The van der Waals surface area contributed by atoms with Crippen LogP contribution in [-0.4, -0.2) is 22.9 Å². The first-order valence-corrected chi connectivity index (χ1v) is 3.61. The highest BCUT2D eigenvalue weighted by atomic mass is 32.2. The van der Waals surface area contributed by atoms with Gasteiger partial charge in [-0.2, -0.15) is 0 Å². The van der Waals surface area contributed by atoms with Crippen molar-refractivity contribution in [3.63, 3.8) is 0 Å². The molecule has 0 radical (unpaired) electrons. The summed E-state index contributed by atoms with van der Waals surface area (Å²) >= 11 is 1.31. The Morgan fingerprint density at radius 3 is 2.78 bits per heavy atom. The molecule has 9 heavy (non-hydrogen) atoms. The van der Waals surface area contributed by atoms with Crippen molar-refractivity contribution in [3.05, 3.63) is 0 Å². The van der Waals surface area contributed by atoms with E-state index in [0.717, 1.165) is 0 Å². The van der Waals surface area contributed by atoms with Crippen molar-refractivity contribution in [2.24, 2.45) is 0 Å². The molecular formula is C5H6O3S. The van der Waals surface area contributed by atoms with Crippen molar-refractivity contribution in [1.29, 1.82) is 0 Å². The first-order chi connectivity index (χ1) is 4.20. The SMILES string of the molecule is C[C@H]1SCC(=O)OC1=O. The number of cyclic esters (lactones) is 2. The lowest BCUT2D eigenvalue weighted by Crippen LogP contribution is -2.28. The second-order valence-corrected chi connectivity index (χ2v) is 3.08. The molecule has 0 unspecified atom stereocenters. The Balaban J connectivity index is 2.54. The molecule has 50 valence electrons. The van der Waals surface area contributed by atoms with Crippen LogP contribution < -0.4 is 0 Å². The molecule has 3 nitrogen and oxygen atoms in total. The zero-order valence-corrected chi connectivity index (χ0v) is 5.73. The number of thioether (sulfide) groups is 1. The first kappa shape index (κ1) is 6.61. The molecule has 0 aromatic carbocycles. The average Bonchev–Trinajstić information content (AvgIpc) is 1.80. The van der Waals surface area contributed by atoms with Crippen LogP contribution in [0.25, 0.3) is 0 Å². The van der Waals surface area contributed by atoms with Gasteiger partial charge in [0.05, 0.1) is 5.75 Å². The summed E-state index contributed by atoms with van der Waals surface area (Å²) in [6.07, 6.45) is 0. The van der Waals surface area contributed by atoms with Crippen LogP contribution in [0.5, 0.6) is 0 Å². The van der Waals surface area contributed by atoms with E-state index < -0.39 is 11.9 Å². The van der Waals surface area contributed by atoms with Crippen LogP contribution in [0.4, 0.5) is 0 Å². The molecule has 0 amide bonds. The average molecular weight is 146 g/mol. The highest BCUT2D eigenvalue weighted by Gasteiger charge is 2.25. The number of ether oxygens (including phenoxy) is 1. The molecule has 1 heterocycles. The van der Waals surface area contributed by atoms with Gasteiger partial charge in [0.25, 0.3) is 0 Å². The number of hydrogen-bond acceptors (Lipinski definition) is 4. The monoisotopic (exact) mass is 146 g/mol. The number of rotatable bonds is 0. The predicted molar refractivity (Wildman–Crippen MR) is 33.0 cm³/mol. The summed E-state index contributed by atoms with van der Waals surface area (Å²) in [4.78, 5) is 20.9. The number of carbonyl (C=O) groups excluding carboxylic acids is 2. The molecule has 0 spiro atoms. The van der Waals surface area contributed by atoms with E-state index in [-0.39, 0.29) is 5.25 Å². The van der Waals surface area contributed by atoms with Gasteiger partial charge in [0.1, 0.15) is 5.25 Å². The van der Waals surface area contributed by atoms with E-state index in [1.165, 1.54) is 11.8 Å². The summed E-state index contributed by atoms with van der Waals surface area (Å²) in [6.45, 7) is 1.72. The summed E-state index contributed by atoms with van der Waals surface area (Å²) in [5.74, 6) is -0.549. The molecule has 1 aliphatic rings. The van der Waals surface area contributed by atoms with Crippen molar-refractivity contribution >= 4 is 23.7 Å². The van der Waals surface area contributed by atoms with E-state index in [1.54, 1.807) is 6.92 Å². The van der Waals surface area contributed by atoms with Crippen LogP contribution in [0.3, 0.4) is 0 Å². The van der Waals surface area contributed by atoms with Crippen molar-refractivity contribution in [1.82, 2.24) is 0 Å². The summed E-state index contributed by atoms with van der Waals surface area (Å²) in [7, 11) is 0. The normalized spacial score (nSPS) is 27.9. The van der Waals surface area contributed by atoms with E-state index >= 15 is 0 Å². The summed E-state index contributed by atoms with van der Waals surface area (Å²) < 4.78 is 4.30. The quantitative estimate of drug-likeness (QED) is 0.361. The molecule has 1 atom stereocenters. The lowest BCUT2D eigenvalue weighted by molar-refractivity contribution is -0.157. The van der Waals surface area contributed by atoms with E-state index in [2.05, 4.69) is 4.74 Å². The summed E-state index contributed by atoms with van der Waals surface area (Å²) in [6, 6.07) is 0.